The number of aryl methyl sites for hydroxylation is 2. The summed E-state index contributed by atoms with van der Waals surface area (Å²) in [5.41, 5.74) is 2.43. The molecule has 6 rings (SSSR count). The maximum atomic E-state index is 14.5. The minimum Gasteiger partial charge on any atom is -0.335 e. The average Bonchev–Trinajstić information content (AvgIpc) is 3.58. The standard InChI is InChI=1S/C30H33F3N4O2/c1-18-10-20(11-26-24(18)5-7-27(38)36-26)16-37(28(39)29(8-9-34-17-29)14-19-2-3-19)23-4-6-25-21(13-23)12-22(15-35-25)30(31,32)33/h5,7,10-12,15,19,23,34H,2-4,6,8-9,13-14,16-17H2,1H3,(H,36,38). The number of carbonyl (C=O) groups is 1. The van der Waals surface area contributed by atoms with Crippen molar-refractivity contribution in [1.82, 2.24) is 20.2 Å². The lowest BCUT2D eigenvalue weighted by molar-refractivity contribution is -0.145. The smallest absolute Gasteiger partial charge is 0.335 e. The number of hydrogen-bond acceptors (Lipinski definition) is 4. The normalized spacial score (nSPS) is 23.1. The third-order valence-electron chi connectivity index (χ3n) is 8.79. The molecule has 2 N–H and O–H groups in total. The van der Waals surface area contributed by atoms with Gasteiger partial charge in [-0.2, -0.15) is 13.2 Å². The van der Waals surface area contributed by atoms with Crippen LogP contribution in [0.4, 0.5) is 13.2 Å². The van der Waals surface area contributed by atoms with E-state index in [1.165, 1.54) is 12.1 Å². The van der Waals surface area contributed by atoms with Gasteiger partial charge in [-0.05, 0) is 86.4 Å². The lowest BCUT2D eigenvalue weighted by Crippen LogP contribution is -2.51. The highest BCUT2D eigenvalue weighted by atomic mass is 19.4. The molecule has 0 bridgehead atoms. The van der Waals surface area contributed by atoms with Crippen molar-refractivity contribution in [3.63, 3.8) is 0 Å². The van der Waals surface area contributed by atoms with Crippen LogP contribution in [0, 0.1) is 18.3 Å². The van der Waals surface area contributed by atoms with E-state index in [2.05, 4.69) is 15.3 Å². The lowest BCUT2D eigenvalue weighted by atomic mass is 9.78. The maximum absolute atomic E-state index is 14.5. The van der Waals surface area contributed by atoms with E-state index in [9.17, 15) is 22.8 Å². The van der Waals surface area contributed by atoms with Gasteiger partial charge in [0.1, 0.15) is 0 Å². The van der Waals surface area contributed by atoms with E-state index in [1.807, 2.05) is 24.0 Å². The lowest BCUT2D eigenvalue weighted by Gasteiger charge is -2.41. The highest BCUT2D eigenvalue weighted by Gasteiger charge is 2.48. The molecule has 1 saturated heterocycles. The second-order valence-electron chi connectivity index (χ2n) is 11.7. The van der Waals surface area contributed by atoms with Crippen molar-refractivity contribution in [2.45, 2.75) is 70.6 Å². The van der Waals surface area contributed by atoms with Crippen LogP contribution in [0.3, 0.4) is 0 Å². The summed E-state index contributed by atoms with van der Waals surface area (Å²) in [6.07, 6.45) is 1.88. The maximum Gasteiger partial charge on any atom is 0.417 e. The SMILES string of the molecule is Cc1cc(CN(C(=O)C2(CC3CC3)CCNC2)C2CCc3ncc(C(F)(F)F)cc3C2)cc2[nH]c(=O)ccc12. The molecule has 6 nitrogen and oxygen atoms in total. The van der Waals surface area contributed by atoms with Crippen LogP contribution in [0.2, 0.25) is 0 Å². The van der Waals surface area contributed by atoms with E-state index in [4.69, 9.17) is 0 Å². The molecule has 3 heterocycles. The van der Waals surface area contributed by atoms with Crippen LogP contribution >= 0.6 is 0 Å². The number of hydrogen-bond donors (Lipinski definition) is 2. The summed E-state index contributed by atoms with van der Waals surface area (Å²) in [6.45, 7) is 3.74. The van der Waals surface area contributed by atoms with Crippen molar-refractivity contribution in [2.24, 2.45) is 11.3 Å². The highest BCUT2D eigenvalue weighted by molar-refractivity contribution is 5.85. The van der Waals surface area contributed by atoms with Gasteiger partial charge in [0, 0.05) is 48.0 Å². The van der Waals surface area contributed by atoms with Gasteiger partial charge in [-0.25, -0.2) is 0 Å². The van der Waals surface area contributed by atoms with Crippen molar-refractivity contribution in [1.29, 1.82) is 0 Å². The third kappa shape index (κ3) is 5.21. The number of amides is 1. The molecule has 3 aromatic rings. The zero-order chi connectivity index (χ0) is 27.4. The molecule has 2 atom stereocenters. The Morgan fingerprint density at radius 3 is 2.72 bits per heavy atom. The van der Waals surface area contributed by atoms with E-state index in [0.29, 0.717) is 55.0 Å². The van der Waals surface area contributed by atoms with Gasteiger partial charge >= 0.3 is 6.18 Å². The Morgan fingerprint density at radius 1 is 1.18 bits per heavy atom. The van der Waals surface area contributed by atoms with Crippen molar-refractivity contribution in [3.05, 3.63) is 74.8 Å². The molecule has 1 saturated carbocycles. The number of benzene rings is 1. The van der Waals surface area contributed by atoms with Gasteiger partial charge in [0.25, 0.3) is 0 Å². The molecule has 2 unspecified atom stereocenters. The number of nitrogens with zero attached hydrogens (tertiary/aromatic N) is 2. The van der Waals surface area contributed by atoms with Crippen LogP contribution in [0.5, 0.6) is 0 Å². The van der Waals surface area contributed by atoms with Gasteiger partial charge < -0.3 is 15.2 Å². The minimum absolute atomic E-state index is 0.0899. The third-order valence-corrected chi connectivity index (χ3v) is 8.79. The number of carbonyl (C=O) groups excluding carboxylic acids is 1. The molecule has 2 fully saturated rings. The Kier molecular flexibility index (Phi) is 6.52. The topological polar surface area (TPSA) is 78.1 Å². The average molecular weight is 539 g/mol. The fourth-order valence-electron chi connectivity index (χ4n) is 6.57. The van der Waals surface area contributed by atoms with E-state index in [0.717, 1.165) is 54.9 Å². The van der Waals surface area contributed by atoms with Gasteiger partial charge in [0.2, 0.25) is 11.5 Å². The summed E-state index contributed by atoms with van der Waals surface area (Å²) < 4.78 is 40.4. The molecule has 1 aromatic carbocycles. The summed E-state index contributed by atoms with van der Waals surface area (Å²) in [4.78, 5) is 35.5. The van der Waals surface area contributed by atoms with E-state index < -0.39 is 17.2 Å². The van der Waals surface area contributed by atoms with Gasteiger partial charge in [0.15, 0.2) is 0 Å². The fourth-order valence-corrected chi connectivity index (χ4v) is 6.57. The number of fused-ring (bicyclic) bond motifs is 2. The summed E-state index contributed by atoms with van der Waals surface area (Å²) in [5, 5.41) is 4.35. The quantitative estimate of drug-likeness (QED) is 0.467. The predicted octanol–water partition coefficient (Wildman–Crippen LogP) is 4.92. The molecule has 2 aliphatic carbocycles. The molecule has 1 aliphatic heterocycles. The Balaban J connectivity index is 1.37. The number of H-pyrrole nitrogens is 1. The summed E-state index contributed by atoms with van der Waals surface area (Å²) >= 11 is 0. The van der Waals surface area contributed by atoms with Crippen molar-refractivity contribution < 1.29 is 18.0 Å². The van der Waals surface area contributed by atoms with Crippen LogP contribution in [0.1, 0.15) is 60.1 Å². The van der Waals surface area contributed by atoms with Gasteiger partial charge in [-0.15, -0.1) is 0 Å². The molecular formula is C30H33F3N4O2. The monoisotopic (exact) mass is 538 g/mol. The van der Waals surface area contributed by atoms with Crippen molar-refractivity contribution in [3.8, 4) is 0 Å². The number of halogens is 3. The van der Waals surface area contributed by atoms with Crippen LogP contribution in [0.25, 0.3) is 10.9 Å². The highest BCUT2D eigenvalue weighted by Crippen LogP contribution is 2.45. The summed E-state index contributed by atoms with van der Waals surface area (Å²) in [5.74, 6) is 0.654. The Hall–Kier alpha value is -3.20. The Bertz CT molecular complexity index is 1470. The van der Waals surface area contributed by atoms with Gasteiger partial charge in [0.05, 0.1) is 11.0 Å². The van der Waals surface area contributed by atoms with Crippen molar-refractivity contribution in [2.75, 3.05) is 13.1 Å². The molecular weight excluding hydrogens is 505 g/mol. The van der Waals surface area contributed by atoms with Gasteiger partial charge in [-0.1, -0.05) is 18.9 Å². The van der Waals surface area contributed by atoms with Crippen LogP contribution < -0.4 is 10.9 Å². The predicted molar refractivity (Wildman–Crippen MR) is 142 cm³/mol. The first-order chi connectivity index (χ1) is 18.6. The van der Waals surface area contributed by atoms with E-state index in [1.54, 1.807) is 6.07 Å². The van der Waals surface area contributed by atoms with E-state index in [-0.39, 0.29) is 17.5 Å². The first kappa shape index (κ1) is 26.0. The number of pyridine rings is 2. The molecule has 3 aliphatic rings. The van der Waals surface area contributed by atoms with Crippen LogP contribution in [-0.2, 0) is 30.4 Å². The minimum atomic E-state index is -4.46. The first-order valence-corrected chi connectivity index (χ1v) is 13.8. The molecule has 0 spiro atoms. The van der Waals surface area contributed by atoms with Crippen molar-refractivity contribution >= 4 is 16.8 Å². The zero-order valence-corrected chi connectivity index (χ0v) is 22.0. The van der Waals surface area contributed by atoms with Gasteiger partial charge in [-0.3, -0.25) is 14.6 Å². The number of alkyl halides is 3. The molecule has 0 radical (unpaired) electrons. The molecule has 2 aromatic heterocycles. The summed E-state index contributed by atoms with van der Waals surface area (Å²) in [6, 6.07) is 8.24. The second-order valence-corrected chi connectivity index (χ2v) is 11.7. The Labute approximate surface area is 225 Å². The number of aromatic nitrogens is 2. The van der Waals surface area contributed by atoms with Crippen LogP contribution in [-0.4, -0.2) is 39.9 Å². The van der Waals surface area contributed by atoms with Crippen LogP contribution in [0.15, 0.2) is 41.3 Å². The second kappa shape index (κ2) is 9.77. The van der Waals surface area contributed by atoms with E-state index >= 15 is 0 Å². The summed E-state index contributed by atoms with van der Waals surface area (Å²) in [7, 11) is 0. The largest absolute Gasteiger partial charge is 0.417 e. The first-order valence-electron chi connectivity index (χ1n) is 13.8. The fraction of sp³-hybridized carbons (Fsp3) is 0.500. The molecule has 206 valence electrons. The Morgan fingerprint density at radius 2 is 2.00 bits per heavy atom. The zero-order valence-electron chi connectivity index (χ0n) is 22.0. The number of aromatic amines is 1. The molecule has 39 heavy (non-hydrogen) atoms. The molecule has 9 heteroatoms. The molecule has 1 amide bonds. The number of nitrogens with one attached hydrogen (secondary N) is 2. The number of rotatable bonds is 6.